The molecule has 2 aliphatic rings. The van der Waals surface area contributed by atoms with Crippen LogP contribution in [0.2, 0.25) is 0 Å². The van der Waals surface area contributed by atoms with E-state index in [4.69, 9.17) is 14.9 Å². The Balaban J connectivity index is 0.00000115. The Morgan fingerprint density at radius 2 is 1.79 bits per heavy atom. The third-order valence-corrected chi connectivity index (χ3v) is 5.55. The van der Waals surface area contributed by atoms with E-state index in [0.717, 1.165) is 19.2 Å². The minimum Gasteiger partial charge on any atom is -1.00 e. The molecule has 0 aliphatic carbocycles. The Morgan fingerprint density at radius 1 is 1.24 bits per heavy atom. The van der Waals surface area contributed by atoms with Gasteiger partial charge in [-0.1, -0.05) is 0 Å². The van der Waals surface area contributed by atoms with Crippen molar-refractivity contribution in [2.45, 2.75) is 26.0 Å². The van der Waals surface area contributed by atoms with Gasteiger partial charge in [0.1, 0.15) is 24.0 Å². The van der Waals surface area contributed by atoms with Gasteiger partial charge in [0.25, 0.3) is 0 Å². The van der Waals surface area contributed by atoms with Crippen molar-refractivity contribution in [2.24, 2.45) is 0 Å². The summed E-state index contributed by atoms with van der Waals surface area (Å²) in [5, 5.41) is 25.1. The number of pyridine rings is 1. The number of aromatic nitrogens is 1. The quantitative estimate of drug-likeness (QED) is 0.423. The average molecular weight is 512 g/mol. The topological polar surface area (TPSA) is 133 Å². The molecule has 2 atom stereocenters. The Bertz CT molecular complexity index is 1130. The molecule has 0 amide bonds. The number of hydrogen-bond acceptors (Lipinski definition) is 7. The number of aliphatic hydroxyl groups is 1. The van der Waals surface area contributed by atoms with E-state index in [9.17, 15) is 23.9 Å². The van der Waals surface area contributed by atoms with Gasteiger partial charge in [-0.2, -0.15) is 0 Å². The van der Waals surface area contributed by atoms with Gasteiger partial charge in [-0.05, 0) is 27.0 Å². The van der Waals surface area contributed by atoms with E-state index in [1.54, 1.807) is 4.57 Å². The molecular weight excluding hydrogens is 484 g/mol. The number of halogens is 2. The number of carboxylic acid groups (broad SMARTS) is 2. The van der Waals surface area contributed by atoms with Crippen molar-refractivity contribution in [3.63, 3.8) is 0 Å². The minimum atomic E-state index is -1.32. The van der Waals surface area contributed by atoms with E-state index in [1.807, 2.05) is 18.9 Å². The first-order valence-corrected chi connectivity index (χ1v) is 10.1. The van der Waals surface area contributed by atoms with Crippen LogP contribution in [0.3, 0.4) is 0 Å². The molecule has 1 aromatic carbocycles. The molecule has 34 heavy (non-hydrogen) atoms. The summed E-state index contributed by atoms with van der Waals surface area (Å²) < 4.78 is 22.6. The number of ether oxygens (including phenoxy) is 1. The average Bonchev–Trinajstić information content (AvgIpc) is 2.73. The second kappa shape index (κ2) is 12.2. The summed E-state index contributed by atoms with van der Waals surface area (Å²) in [7, 11) is 2.02. The number of anilines is 1. The first-order chi connectivity index (χ1) is 15.0. The molecule has 3 N–H and O–H groups in total. The molecule has 1 aromatic heterocycles. The first-order valence-electron chi connectivity index (χ1n) is 10.1. The van der Waals surface area contributed by atoms with Gasteiger partial charge in [0, 0.05) is 32.4 Å². The molecular formula is C21H28ClFN3NaO7. The normalized spacial score (nSPS) is 17.9. The number of hydrogen-bond donors (Lipinski definition) is 3. The molecule has 2 aromatic rings. The molecule has 1 unspecified atom stereocenters. The van der Waals surface area contributed by atoms with Gasteiger partial charge in [-0.15, -0.1) is 12.4 Å². The summed E-state index contributed by atoms with van der Waals surface area (Å²) in [6.07, 6.45) is 0.111. The molecule has 3 heterocycles. The van der Waals surface area contributed by atoms with Crippen molar-refractivity contribution in [3.8, 4) is 5.75 Å². The molecule has 0 radical (unpaired) electrons. The largest absolute Gasteiger partial charge is 1.00 e. The van der Waals surface area contributed by atoms with E-state index >= 15 is 0 Å². The van der Waals surface area contributed by atoms with Crippen LogP contribution in [0.15, 0.2) is 17.1 Å². The van der Waals surface area contributed by atoms with E-state index < -0.39 is 29.3 Å². The summed E-state index contributed by atoms with van der Waals surface area (Å²) >= 11 is 0. The summed E-state index contributed by atoms with van der Waals surface area (Å²) in [6.45, 7) is 6.27. The number of carbonyl (C=O) groups is 2. The van der Waals surface area contributed by atoms with Crippen LogP contribution in [-0.4, -0.2) is 82.7 Å². The van der Waals surface area contributed by atoms with Gasteiger partial charge in [0.05, 0.1) is 16.9 Å². The van der Waals surface area contributed by atoms with Crippen LogP contribution in [-0.2, 0) is 4.79 Å². The van der Waals surface area contributed by atoms with Crippen LogP contribution in [0.5, 0.6) is 5.75 Å². The number of aliphatic hydroxyl groups excluding tert-OH is 1. The smallest absolute Gasteiger partial charge is 1.00 e. The van der Waals surface area contributed by atoms with Crippen molar-refractivity contribution < 1.29 is 65.0 Å². The maximum Gasteiger partial charge on any atom is 1.00 e. The standard InChI is InChI=1S/C18H20FN3O4.C3H6O3.ClH.Na.H/c1-10-9-26-17-14-11(16(23)12(18(24)25)8-22(10)14)7-13(19)15(17)21-5-3-20(2)4-6-21;1-2(4)3(5)6;;;/h7-8,10H,3-6,9H2,1-2H3,(H,24,25);2,4H,1H3,(H,5,6);1H;;/q;;;+1;-1/t10-;;;;/m0..../s1. The molecule has 0 saturated carbocycles. The summed E-state index contributed by atoms with van der Waals surface area (Å²) in [5.74, 6) is -2.73. The third-order valence-electron chi connectivity index (χ3n) is 5.55. The van der Waals surface area contributed by atoms with Gasteiger partial charge in [0.2, 0.25) is 5.43 Å². The fourth-order valence-corrected chi connectivity index (χ4v) is 3.69. The summed E-state index contributed by atoms with van der Waals surface area (Å²) in [6, 6.07) is 0.994. The number of benzene rings is 1. The van der Waals surface area contributed by atoms with Crippen LogP contribution in [0.4, 0.5) is 10.1 Å². The third kappa shape index (κ3) is 6.02. The number of aromatic carboxylic acids is 1. The Morgan fingerprint density at radius 3 is 2.29 bits per heavy atom. The van der Waals surface area contributed by atoms with Crippen LogP contribution >= 0.6 is 12.4 Å². The zero-order valence-electron chi connectivity index (χ0n) is 20.4. The molecule has 0 bridgehead atoms. The Hall–Kier alpha value is -1.89. The molecule has 10 nitrogen and oxygen atoms in total. The maximum atomic E-state index is 15.0. The van der Waals surface area contributed by atoms with Gasteiger partial charge in [-0.3, -0.25) is 4.79 Å². The van der Waals surface area contributed by atoms with Crippen molar-refractivity contribution in [3.05, 3.63) is 33.9 Å². The van der Waals surface area contributed by atoms with Gasteiger partial charge in [-0.25, -0.2) is 14.0 Å². The predicted molar refractivity (Wildman–Crippen MR) is 123 cm³/mol. The van der Waals surface area contributed by atoms with Crippen molar-refractivity contribution >= 4 is 40.9 Å². The van der Waals surface area contributed by atoms with Crippen LogP contribution in [0.1, 0.15) is 31.7 Å². The Kier molecular flexibility index (Phi) is 10.8. The van der Waals surface area contributed by atoms with E-state index in [-0.39, 0.29) is 67.0 Å². The number of rotatable bonds is 3. The fraction of sp³-hybridized carbons (Fsp3) is 0.476. The minimum absolute atomic E-state index is 0. The molecule has 1 saturated heterocycles. The van der Waals surface area contributed by atoms with E-state index in [1.165, 1.54) is 13.1 Å². The van der Waals surface area contributed by atoms with E-state index in [0.29, 0.717) is 30.0 Å². The van der Waals surface area contributed by atoms with Crippen molar-refractivity contribution in [1.29, 1.82) is 0 Å². The summed E-state index contributed by atoms with van der Waals surface area (Å²) in [5.41, 5.74) is -0.224. The molecule has 1 fully saturated rings. The van der Waals surface area contributed by atoms with Crippen LogP contribution in [0, 0.1) is 5.82 Å². The van der Waals surface area contributed by atoms with Crippen LogP contribution < -0.4 is 44.6 Å². The number of aliphatic carboxylic acids is 1. The molecule has 13 heteroatoms. The van der Waals surface area contributed by atoms with Gasteiger partial charge < -0.3 is 35.9 Å². The number of likely N-dealkylation sites (N-methyl/N-ethyl adjacent to an activating group) is 1. The zero-order chi connectivity index (χ0) is 23.7. The molecule has 4 rings (SSSR count). The number of piperazine rings is 1. The number of carboxylic acids is 2. The molecule has 0 spiro atoms. The molecule has 2 aliphatic heterocycles. The first kappa shape index (κ1) is 30.1. The van der Waals surface area contributed by atoms with Gasteiger partial charge in [0.15, 0.2) is 11.6 Å². The van der Waals surface area contributed by atoms with E-state index in [2.05, 4.69) is 4.90 Å². The monoisotopic (exact) mass is 511 g/mol. The Labute approximate surface area is 225 Å². The van der Waals surface area contributed by atoms with Crippen LogP contribution in [0.25, 0.3) is 10.9 Å². The predicted octanol–water partition coefficient (Wildman–Crippen LogP) is -1.47. The fourth-order valence-electron chi connectivity index (χ4n) is 3.69. The van der Waals surface area contributed by atoms with Crippen molar-refractivity contribution in [1.82, 2.24) is 9.47 Å². The SMILES string of the molecule is CC(O)C(=O)O.C[C@H]1COc2c(N3CCN(C)CC3)c(F)cc3c(=O)c(C(=O)O)cn1c23.Cl.[H-].[Na+]. The maximum absolute atomic E-state index is 15.0. The number of nitrogens with zero attached hydrogens (tertiary/aromatic N) is 3. The van der Waals surface area contributed by atoms with Gasteiger partial charge >= 0.3 is 41.5 Å². The second-order valence-electron chi connectivity index (χ2n) is 7.98. The zero-order valence-corrected chi connectivity index (χ0v) is 22.3. The molecule has 184 valence electrons. The summed E-state index contributed by atoms with van der Waals surface area (Å²) in [4.78, 5) is 37.5. The second-order valence-corrected chi connectivity index (χ2v) is 7.98. The van der Waals surface area contributed by atoms with Crippen molar-refractivity contribution in [2.75, 3.05) is 44.7 Å².